The highest BCUT2D eigenvalue weighted by atomic mass is 16.5. The van der Waals surface area contributed by atoms with Crippen LogP contribution in [0.3, 0.4) is 0 Å². The summed E-state index contributed by atoms with van der Waals surface area (Å²) in [4.78, 5) is 24.9. The van der Waals surface area contributed by atoms with Crippen molar-refractivity contribution in [1.82, 2.24) is 10.6 Å². The minimum atomic E-state index is -0.657. The highest BCUT2D eigenvalue weighted by Crippen LogP contribution is 2.35. The van der Waals surface area contributed by atoms with Crippen molar-refractivity contribution in [1.29, 1.82) is 0 Å². The van der Waals surface area contributed by atoms with Gasteiger partial charge >= 0.3 is 12.0 Å². The minimum Gasteiger partial charge on any atom is -0.490 e. The molecule has 2 N–H and O–H groups in total. The second kappa shape index (κ2) is 10.9. The molecule has 176 valence electrons. The molecule has 33 heavy (non-hydrogen) atoms. The lowest BCUT2D eigenvalue weighted by Crippen LogP contribution is -2.45. The summed E-state index contributed by atoms with van der Waals surface area (Å²) in [6, 6.07) is 10.7. The topological polar surface area (TPSA) is 85.9 Å². The Hall–Kier alpha value is -3.48. The molecule has 1 unspecified atom stereocenters. The van der Waals surface area contributed by atoms with E-state index >= 15 is 0 Å². The lowest BCUT2D eigenvalue weighted by Gasteiger charge is -2.28. The number of benzene rings is 2. The van der Waals surface area contributed by atoms with E-state index in [-0.39, 0.29) is 6.03 Å². The SMILES string of the molecule is CCCOC(=O)C1=C(C)NC(=O)NC1c1ccc(OCc2cc(C)ccc2C)c(OCC)c1. The van der Waals surface area contributed by atoms with E-state index in [1.807, 2.05) is 26.0 Å². The van der Waals surface area contributed by atoms with Crippen molar-refractivity contribution in [3.05, 3.63) is 69.9 Å². The van der Waals surface area contributed by atoms with Gasteiger partial charge in [0.2, 0.25) is 0 Å². The fraction of sp³-hybridized carbons (Fsp3) is 0.385. The third-order valence-corrected chi connectivity index (χ3v) is 5.42. The van der Waals surface area contributed by atoms with E-state index in [2.05, 4.69) is 42.7 Å². The molecular formula is C26H32N2O5. The number of carbonyl (C=O) groups is 2. The van der Waals surface area contributed by atoms with E-state index in [0.29, 0.717) is 54.6 Å². The van der Waals surface area contributed by atoms with Crippen LogP contribution in [0.5, 0.6) is 11.5 Å². The predicted octanol–water partition coefficient (Wildman–Crippen LogP) is 4.86. The number of aryl methyl sites for hydroxylation is 2. The molecule has 0 aromatic heterocycles. The Morgan fingerprint density at radius 3 is 2.52 bits per heavy atom. The Bertz CT molecular complexity index is 1060. The average Bonchev–Trinajstić information content (AvgIpc) is 2.78. The van der Waals surface area contributed by atoms with Crippen molar-refractivity contribution in [2.75, 3.05) is 13.2 Å². The Morgan fingerprint density at radius 2 is 1.79 bits per heavy atom. The van der Waals surface area contributed by atoms with Gasteiger partial charge in [-0.3, -0.25) is 0 Å². The van der Waals surface area contributed by atoms with Crippen LogP contribution in [-0.2, 0) is 16.1 Å². The Labute approximate surface area is 195 Å². The molecule has 7 heteroatoms. The van der Waals surface area contributed by atoms with Crippen LogP contribution in [0.2, 0.25) is 0 Å². The fourth-order valence-electron chi connectivity index (χ4n) is 3.69. The van der Waals surface area contributed by atoms with Gasteiger partial charge < -0.3 is 24.8 Å². The van der Waals surface area contributed by atoms with E-state index in [0.717, 1.165) is 11.1 Å². The molecule has 1 aliphatic heterocycles. The maximum absolute atomic E-state index is 12.7. The number of ether oxygens (including phenoxy) is 3. The van der Waals surface area contributed by atoms with Crippen LogP contribution in [0.4, 0.5) is 4.79 Å². The highest BCUT2D eigenvalue weighted by Gasteiger charge is 2.32. The summed E-state index contributed by atoms with van der Waals surface area (Å²) in [7, 11) is 0. The molecule has 0 saturated heterocycles. The first kappa shape index (κ1) is 24.2. The Kier molecular flexibility index (Phi) is 7.98. The van der Waals surface area contributed by atoms with Gasteiger partial charge in [0.15, 0.2) is 11.5 Å². The monoisotopic (exact) mass is 452 g/mol. The zero-order valence-electron chi connectivity index (χ0n) is 19.9. The lowest BCUT2D eigenvalue weighted by molar-refractivity contribution is -0.139. The van der Waals surface area contributed by atoms with Gasteiger partial charge in [-0.1, -0.05) is 36.8 Å². The molecule has 1 atom stereocenters. The summed E-state index contributed by atoms with van der Waals surface area (Å²) in [5, 5.41) is 5.48. The van der Waals surface area contributed by atoms with Crippen LogP contribution in [0.1, 0.15) is 55.5 Å². The number of allylic oxidation sites excluding steroid dienone is 1. The summed E-state index contributed by atoms with van der Waals surface area (Å²) < 4.78 is 17.3. The largest absolute Gasteiger partial charge is 0.490 e. The van der Waals surface area contributed by atoms with E-state index in [9.17, 15) is 9.59 Å². The lowest BCUT2D eigenvalue weighted by atomic mass is 9.95. The zero-order valence-corrected chi connectivity index (χ0v) is 19.9. The van der Waals surface area contributed by atoms with Gasteiger partial charge in [-0.25, -0.2) is 9.59 Å². The number of urea groups is 1. The second-order valence-corrected chi connectivity index (χ2v) is 8.06. The minimum absolute atomic E-state index is 0.311. The smallest absolute Gasteiger partial charge is 0.338 e. The number of carbonyl (C=O) groups excluding carboxylic acids is 2. The fourth-order valence-corrected chi connectivity index (χ4v) is 3.69. The summed E-state index contributed by atoms with van der Waals surface area (Å²) in [6.07, 6.45) is 0.712. The van der Waals surface area contributed by atoms with E-state index in [4.69, 9.17) is 14.2 Å². The van der Waals surface area contributed by atoms with Crippen LogP contribution in [0.15, 0.2) is 47.7 Å². The van der Waals surface area contributed by atoms with Crippen LogP contribution in [0, 0.1) is 13.8 Å². The quantitative estimate of drug-likeness (QED) is 0.531. The standard InChI is InChI=1S/C26H32N2O5/c1-6-12-32-25(29)23-18(5)27-26(30)28-24(23)19-10-11-21(22(14-19)31-7-2)33-15-20-13-16(3)8-9-17(20)4/h8-11,13-14,24H,6-7,12,15H2,1-5H3,(H2,27,28,30). The van der Waals surface area contributed by atoms with Crippen molar-refractivity contribution in [3.63, 3.8) is 0 Å². The highest BCUT2D eigenvalue weighted by molar-refractivity contribution is 5.95. The molecular weight excluding hydrogens is 420 g/mol. The van der Waals surface area contributed by atoms with Crippen LogP contribution in [-0.4, -0.2) is 25.2 Å². The first-order chi connectivity index (χ1) is 15.8. The molecule has 0 fully saturated rings. The molecule has 0 radical (unpaired) electrons. The molecule has 7 nitrogen and oxygen atoms in total. The van der Waals surface area contributed by atoms with Gasteiger partial charge in [-0.05, 0) is 62.9 Å². The van der Waals surface area contributed by atoms with Gasteiger partial charge in [0, 0.05) is 5.70 Å². The zero-order chi connectivity index (χ0) is 24.0. The number of esters is 1. The molecule has 0 bridgehead atoms. The van der Waals surface area contributed by atoms with Crippen molar-refractivity contribution < 1.29 is 23.8 Å². The Balaban J connectivity index is 1.90. The van der Waals surface area contributed by atoms with Gasteiger partial charge in [0.25, 0.3) is 0 Å². The number of rotatable bonds is 9. The number of amides is 2. The van der Waals surface area contributed by atoms with E-state index in [1.54, 1.807) is 13.0 Å². The molecule has 2 aromatic rings. The molecule has 1 heterocycles. The molecule has 2 aromatic carbocycles. The van der Waals surface area contributed by atoms with Crippen LogP contribution < -0.4 is 20.1 Å². The summed E-state index contributed by atoms with van der Waals surface area (Å²) in [5.74, 6) is 0.685. The summed E-state index contributed by atoms with van der Waals surface area (Å²) in [5.41, 5.74) is 4.98. The normalized spacial score (nSPS) is 15.5. The third-order valence-electron chi connectivity index (χ3n) is 5.42. The van der Waals surface area contributed by atoms with Gasteiger partial charge in [-0.2, -0.15) is 0 Å². The van der Waals surface area contributed by atoms with Crippen LogP contribution in [0.25, 0.3) is 0 Å². The van der Waals surface area contributed by atoms with Crippen molar-refractivity contribution in [2.24, 2.45) is 0 Å². The second-order valence-electron chi connectivity index (χ2n) is 8.06. The maximum Gasteiger partial charge on any atom is 0.338 e. The number of hydrogen-bond acceptors (Lipinski definition) is 5. The Morgan fingerprint density at radius 1 is 1.00 bits per heavy atom. The number of nitrogens with one attached hydrogen (secondary N) is 2. The first-order valence-electron chi connectivity index (χ1n) is 11.2. The van der Waals surface area contributed by atoms with E-state index in [1.165, 1.54) is 5.56 Å². The molecule has 0 saturated carbocycles. The van der Waals surface area contributed by atoms with Crippen molar-refractivity contribution in [2.45, 2.75) is 53.7 Å². The molecule has 3 rings (SSSR count). The molecule has 0 aliphatic carbocycles. The van der Waals surface area contributed by atoms with E-state index < -0.39 is 12.0 Å². The third kappa shape index (κ3) is 5.86. The van der Waals surface area contributed by atoms with Crippen molar-refractivity contribution >= 4 is 12.0 Å². The number of hydrogen-bond donors (Lipinski definition) is 2. The molecule has 0 spiro atoms. The van der Waals surface area contributed by atoms with Gasteiger partial charge in [-0.15, -0.1) is 0 Å². The van der Waals surface area contributed by atoms with Gasteiger partial charge in [0.1, 0.15) is 6.61 Å². The molecule has 2 amide bonds. The van der Waals surface area contributed by atoms with Crippen LogP contribution >= 0.6 is 0 Å². The maximum atomic E-state index is 12.7. The predicted molar refractivity (Wildman–Crippen MR) is 126 cm³/mol. The summed E-state index contributed by atoms with van der Waals surface area (Å²) >= 11 is 0. The first-order valence-corrected chi connectivity index (χ1v) is 11.2. The molecule has 1 aliphatic rings. The van der Waals surface area contributed by atoms with Crippen molar-refractivity contribution in [3.8, 4) is 11.5 Å². The van der Waals surface area contributed by atoms with Gasteiger partial charge in [0.05, 0.1) is 24.8 Å². The summed E-state index contributed by atoms with van der Waals surface area (Å²) in [6.45, 7) is 10.8. The average molecular weight is 453 g/mol.